The van der Waals surface area contributed by atoms with Gasteiger partial charge in [-0.2, -0.15) is 0 Å². The largest absolute Gasteiger partial charge is 0.271 e. The number of sulfone groups is 2. The van der Waals surface area contributed by atoms with Gasteiger partial charge in [0.1, 0.15) is 9.84 Å². The summed E-state index contributed by atoms with van der Waals surface area (Å²) < 4.78 is 45.2. The molecule has 0 radical (unpaired) electrons. The van der Waals surface area contributed by atoms with Gasteiger partial charge in [-0.05, 0) is 24.1 Å². The van der Waals surface area contributed by atoms with Gasteiger partial charge in [0.05, 0.1) is 10.6 Å². The molecule has 0 aliphatic carbocycles. The molecule has 0 aromatic heterocycles. The lowest BCUT2D eigenvalue weighted by Crippen LogP contribution is -2.29. The summed E-state index contributed by atoms with van der Waals surface area (Å²) in [4.78, 5) is 0.185. The number of hydrogen-bond donors (Lipinski definition) is 2. The van der Waals surface area contributed by atoms with Crippen LogP contribution in [0.3, 0.4) is 0 Å². The average Bonchev–Trinajstić information content (AvgIpc) is 2.27. The van der Waals surface area contributed by atoms with Gasteiger partial charge in [0.15, 0.2) is 9.84 Å². The molecule has 1 aromatic rings. The molecule has 0 saturated carbocycles. The Balaban J connectivity index is 3.00. The van der Waals surface area contributed by atoms with Crippen molar-refractivity contribution in [1.82, 2.24) is 5.43 Å². The predicted octanol–water partition coefficient (Wildman–Crippen LogP) is 0.0292. The number of benzene rings is 1. The fraction of sp³-hybridized carbons (Fsp3) is 0.455. The second-order valence-corrected chi connectivity index (χ2v) is 8.76. The highest BCUT2D eigenvalue weighted by Gasteiger charge is 2.15. The molecular formula is C11H18N2O4S2. The molecule has 3 N–H and O–H groups in total. The number of nitrogens with one attached hydrogen (secondary N) is 1. The van der Waals surface area contributed by atoms with Gasteiger partial charge in [0.2, 0.25) is 0 Å². The third kappa shape index (κ3) is 5.27. The fourth-order valence-electron chi connectivity index (χ4n) is 1.64. The smallest absolute Gasteiger partial charge is 0.175 e. The van der Waals surface area contributed by atoms with Crippen LogP contribution in [0.25, 0.3) is 0 Å². The Hall–Kier alpha value is -0.960. The first-order chi connectivity index (χ1) is 8.63. The third-order valence-corrected chi connectivity index (χ3v) is 4.75. The molecule has 0 aliphatic rings. The van der Waals surface area contributed by atoms with Crippen LogP contribution in [0.15, 0.2) is 29.2 Å². The molecule has 1 unspecified atom stereocenters. The van der Waals surface area contributed by atoms with Gasteiger partial charge in [0.25, 0.3) is 0 Å². The molecule has 0 bridgehead atoms. The molecule has 6 nitrogen and oxygen atoms in total. The van der Waals surface area contributed by atoms with E-state index in [1.54, 1.807) is 12.1 Å². The summed E-state index contributed by atoms with van der Waals surface area (Å²) in [6.45, 7) is 0. The first kappa shape index (κ1) is 16.1. The Morgan fingerprint density at radius 1 is 1.21 bits per heavy atom. The molecule has 0 spiro atoms. The van der Waals surface area contributed by atoms with E-state index in [9.17, 15) is 16.8 Å². The van der Waals surface area contributed by atoms with Crippen molar-refractivity contribution < 1.29 is 16.8 Å². The summed E-state index contributed by atoms with van der Waals surface area (Å²) >= 11 is 0. The third-order valence-electron chi connectivity index (χ3n) is 2.67. The average molecular weight is 306 g/mol. The zero-order valence-corrected chi connectivity index (χ0v) is 12.5. The van der Waals surface area contributed by atoms with Gasteiger partial charge >= 0.3 is 0 Å². The predicted molar refractivity (Wildman–Crippen MR) is 73.9 cm³/mol. The Bertz CT molecular complexity index is 638. The van der Waals surface area contributed by atoms with Crippen LogP contribution in [0.4, 0.5) is 0 Å². The minimum Gasteiger partial charge on any atom is -0.271 e. The Morgan fingerprint density at radius 3 is 2.32 bits per heavy atom. The van der Waals surface area contributed by atoms with Crippen LogP contribution >= 0.6 is 0 Å². The highest BCUT2D eigenvalue weighted by molar-refractivity contribution is 7.91. The molecule has 0 fully saturated rings. The summed E-state index contributed by atoms with van der Waals surface area (Å²) in [7, 11) is -6.39. The molecular weight excluding hydrogens is 288 g/mol. The number of hydrogen-bond acceptors (Lipinski definition) is 6. The van der Waals surface area contributed by atoms with E-state index in [1.165, 1.54) is 12.1 Å². The zero-order valence-electron chi connectivity index (χ0n) is 10.8. The lowest BCUT2D eigenvalue weighted by atomic mass is 10.1. The molecule has 1 atom stereocenters. The van der Waals surface area contributed by atoms with Gasteiger partial charge in [-0.3, -0.25) is 11.3 Å². The number of nitrogens with two attached hydrogens (primary N) is 1. The summed E-state index contributed by atoms with van der Waals surface area (Å²) in [5.74, 6) is 5.38. The molecule has 0 amide bonds. The molecule has 8 heteroatoms. The monoisotopic (exact) mass is 306 g/mol. The van der Waals surface area contributed by atoms with E-state index in [2.05, 4.69) is 5.43 Å². The van der Waals surface area contributed by atoms with E-state index in [-0.39, 0.29) is 17.1 Å². The van der Waals surface area contributed by atoms with Crippen LogP contribution in [0, 0.1) is 0 Å². The summed E-state index contributed by atoms with van der Waals surface area (Å²) in [6.07, 6.45) is 2.55. The van der Waals surface area contributed by atoms with Gasteiger partial charge in [-0.1, -0.05) is 12.1 Å². The maximum atomic E-state index is 11.5. The van der Waals surface area contributed by atoms with Crippen LogP contribution in [0.5, 0.6) is 0 Å². The van der Waals surface area contributed by atoms with Crippen molar-refractivity contribution in [2.45, 2.75) is 17.4 Å². The van der Waals surface area contributed by atoms with Gasteiger partial charge in [-0.25, -0.2) is 16.8 Å². The van der Waals surface area contributed by atoms with Crippen molar-refractivity contribution in [1.29, 1.82) is 0 Å². The van der Waals surface area contributed by atoms with Crippen molar-refractivity contribution >= 4 is 19.7 Å². The molecule has 1 rings (SSSR count). The summed E-state index contributed by atoms with van der Waals surface area (Å²) in [5.41, 5.74) is 3.16. The second-order valence-electron chi connectivity index (χ2n) is 4.48. The standard InChI is InChI=1S/C11H18N2O4S2/c1-18(14,15)7-6-11(13-12)9-4-3-5-10(8-9)19(2,16)17/h3-5,8,11,13H,6-7,12H2,1-2H3. The Labute approximate surface area is 113 Å². The van der Waals surface area contributed by atoms with Crippen molar-refractivity contribution in [3.8, 4) is 0 Å². The van der Waals surface area contributed by atoms with Crippen LogP contribution in [-0.4, -0.2) is 35.1 Å². The van der Waals surface area contributed by atoms with E-state index >= 15 is 0 Å². The molecule has 0 aliphatic heterocycles. The molecule has 19 heavy (non-hydrogen) atoms. The van der Waals surface area contributed by atoms with E-state index in [0.717, 1.165) is 12.5 Å². The summed E-state index contributed by atoms with van der Waals surface area (Å²) in [5, 5.41) is 0. The van der Waals surface area contributed by atoms with E-state index in [1.807, 2.05) is 0 Å². The number of hydrazine groups is 1. The minimum atomic E-state index is -3.30. The fourth-order valence-corrected chi connectivity index (χ4v) is 2.98. The molecule has 108 valence electrons. The maximum Gasteiger partial charge on any atom is 0.175 e. The van der Waals surface area contributed by atoms with Gasteiger partial charge in [-0.15, -0.1) is 0 Å². The zero-order chi connectivity index (χ0) is 14.7. The topological polar surface area (TPSA) is 106 Å². The highest BCUT2D eigenvalue weighted by atomic mass is 32.2. The molecule has 0 heterocycles. The first-order valence-corrected chi connectivity index (χ1v) is 9.52. The van der Waals surface area contributed by atoms with Crippen LogP contribution < -0.4 is 11.3 Å². The van der Waals surface area contributed by atoms with Crippen molar-refractivity contribution in [3.05, 3.63) is 29.8 Å². The van der Waals surface area contributed by atoms with Crippen LogP contribution in [0.1, 0.15) is 18.0 Å². The minimum absolute atomic E-state index is 0.0228. The van der Waals surface area contributed by atoms with Crippen LogP contribution in [-0.2, 0) is 19.7 Å². The lowest BCUT2D eigenvalue weighted by Gasteiger charge is -2.16. The maximum absolute atomic E-state index is 11.5. The van der Waals surface area contributed by atoms with Gasteiger partial charge < -0.3 is 0 Å². The van der Waals surface area contributed by atoms with Crippen molar-refractivity contribution in [2.75, 3.05) is 18.3 Å². The Kier molecular flexibility index (Phi) is 5.08. The lowest BCUT2D eigenvalue weighted by molar-refractivity contribution is 0.530. The molecule has 1 aromatic carbocycles. The Morgan fingerprint density at radius 2 is 1.84 bits per heavy atom. The normalized spacial score (nSPS) is 14.3. The number of rotatable bonds is 6. The van der Waals surface area contributed by atoms with Gasteiger partial charge in [0, 0.05) is 18.6 Å². The van der Waals surface area contributed by atoms with E-state index in [4.69, 9.17) is 5.84 Å². The molecule has 0 saturated heterocycles. The van der Waals surface area contributed by atoms with E-state index < -0.39 is 25.7 Å². The second kappa shape index (κ2) is 6.00. The van der Waals surface area contributed by atoms with Crippen molar-refractivity contribution in [3.63, 3.8) is 0 Å². The highest BCUT2D eigenvalue weighted by Crippen LogP contribution is 2.20. The van der Waals surface area contributed by atoms with Crippen molar-refractivity contribution in [2.24, 2.45) is 5.84 Å². The SMILES string of the molecule is CS(=O)(=O)CCC(NN)c1cccc(S(C)(=O)=O)c1. The van der Waals surface area contributed by atoms with E-state index in [0.29, 0.717) is 5.56 Å². The van der Waals surface area contributed by atoms with Crippen LogP contribution in [0.2, 0.25) is 0 Å². The quantitative estimate of drug-likeness (QED) is 0.567. The first-order valence-electron chi connectivity index (χ1n) is 5.57. The summed E-state index contributed by atoms with van der Waals surface area (Å²) in [6, 6.07) is 5.90.